The van der Waals surface area contributed by atoms with Gasteiger partial charge in [0.15, 0.2) is 15.0 Å². The summed E-state index contributed by atoms with van der Waals surface area (Å²) >= 11 is 1.38. The van der Waals surface area contributed by atoms with Crippen LogP contribution >= 0.6 is 11.3 Å². The number of sulfone groups is 1. The summed E-state index contributed by atoms with van der Waals surface area (Å²) in [5.41, 5.74) is 0.721. The van der Waals surface area contributed by atoms with Crippen LogP contribution in [0.1, 0.15) is 12.8 Å². The molecule has 158 valence electrons. The Morgan fingerprint density at radius 3 is 2.57 bits per heavy atom. The highest BCUT2D eigenvalue weighted by Crippen LogP contribution is 2.32. The molecule has 1 saturated heterocycles. The van der Waals surface area contributed by atoms with Gasteiger partial charge in [0.25, 0.3) is 0 Å². The molecule has 0 saturated carbocycles. The van der Waals surface area contributed by atoms with Crippen LogP contribution in [0.25, 0.3) is 10.2 Å². The summed E-state index contributed by atoms with van der Waals surface area (Å²) in [6, 6.07) is 9.03. The first-order chi connectivity index (χ1) is 14.3. The number of fused-ring (bicyclic) bond motifs is 1. The molecule has 0 spiro atoms. The predicted octanol–water partition coefficient (Wildman–Crippen LogP) is 3.56. The third kappa shape index (κ3) is 4.59. The highest BCUT2D eigenvalue weighted by molar-refractivity contribution is 7.91. The van der Waals surface area contributed by atoms with Crippen molar-refractivity contribution in [2.45, 2.75) is 23.8 Å². The fourth-order valence-corrected chi connectivity index (χ4v) is 5.42. The van der Waals surface area contributed by atoms with Crippen molar-refractivity contribution in [1.29, 1.82) is 0 Å². The van der Waals surface area contributed by atoms with E-state index in [2.05, 4.69) is 4.98 Å². The zero-order valence-electron chi connectivity index (χ0n) is 15.8. The van der Waals surface area contributed by atoms with Gasteiger partial charge in [0.2, 0.25) is 0 Å². The first kappa shape index (κ1) is 20.7. The monoisotopic (exact) mass is 452 g/mol. The molecule has 3 aromatic rings. The van der Waals surface area contributed by atoms with Crippen LogP contribution < -0.4 is 4.90 Å². The molecular weight excluding hydrogens is 434 g/mol. The van der Waals surface area contributed by atoms with E-state index in [4.69, 9.17) is 4.74 Å². The molecule has 0 atom stereocenters. The molecule has 1 aliphatic heterocycles. The Labute approximate surface area is 176 Å². The number of anilines is 1. The molecule has 0 bridgehead atoms. The number of hydrogen-bond acceptors (Lipinski definition) is 7. The normalized spacial score (nSPS) is 14.7. The number of hydrogen-bond donors (Lipinski definition) is 0. The van der Waals surface area contributed by atoms with Gasteiger partial charge in [0, 0.05) is 6.42 Å². The van der Waals surface area contributed by atoms with Gasteiger partial charge in [-0.2, -0.15) is 0 Å². The Morgan fingerprint density at radius 1 is 1.13 bits per heavy atom. The number of benzene rings is 2. The lowest BCUT2D eigenvalue weighted by Gasteiger charge is -2.38. The highest BCUT2D eigenvalue weighted by Gasteiger charge is 2.32. The minimum Gasteiger partial charge on any atom is -0.459 e. The second kappa shape index (κ2) is 8.27. The summed E-state index contributed by atoms with van der Waals surface area (Å²) in [6.45, 7) is 0.976. The summed E-state index contributed by atoms with van der Waals surface area (Å²) < 4.78 is 56.7. The summed E-state index contributed by atoms with van der Waals surface area (Å²) in [4.78, 5) is 18.4. The third-order valence-corrected chi connectivity index (χ3v) is 7.62. The SMILES string of the molecule is O=C(CCCS(=O)(=O)c1ccc(F)cc1)OC1CN(c2nc3ccc(F)cc3s2)C1. The van der Waals surface area contributed by atoms with Crippen molar-refractivity contribution in [3.63, 3.8) is 0 Å². The minimum absolute atomic E-state index is 0.0165. The standard InChI is InChI=1S/C20H18F2N2O4S2/c21-13-3-6-16(7-4-13)30(26,27)9-1-2-19(25)28-15-11-24(12-15)20-23-17-8-5-14(22)10-18(17)29-20/h3-8,10,15H,1-2,9,11-12H2. The van der Waals surface area contributed by atoms with Gasteiger partial charge in [-0.3, -0.25) is 4.79 Å². The highest BCUT2D eigenvalue weighted by atomic mass is 32.2. The van der Waals surface area contributed by atoms with Gasteiger partial charge in [-0.25, -0.2) is 22.2 Å². The number of thiazole rings is 1. The molecule has 0 aliphatic carbocycles. The van der Waals surface area contributed by atoms with E-state index in [1.165, 1.54) is 35.6 Å². The Kier molecular flexibility index (Phi) is 5.70. The lowest BCUT2D eigenvalue weighted by atomic mass is 10.2. The maximum absolute atomic E-state index is 13.3. The number of halogens is 2. The van der Waals surface area contributed by atoms with E-state index in [0.29, 0.717) is 13.1 Å². The topological polar surface area (TPSA) is 76.6 Å². The second-order valence-corrected chi connectivity index (χ2v) is 10.1. The summed E-state index contributed by atoms with van der Waals surface area (Å²) in [5, 5.41) is 0.744. The van der Waals surface area contributed by atoms with Crippen molar-refractivity contribution in [2.75, 3.05) is 23.7 Å². The van der Waals surface area contributed by atoms with Crippen molar-refractivity contribution in [3.8, 4) is 0 Å². The van der Waals surface area contributed by atoms with Crippen LogP contribution in [0.4, 0.5) is 13.9 Å². The average Bonchev–Trinajstić information content (AvgIpc) is 3.07. The molecule has 2 heterocycles. The number of ether oxygens (including phenoxy) is 1. The maximum atomic E-state index is 13.3. The number of rotatable bonds is 7. The molecule has 0 unspecified atom stereocenters. The molecule has 10 heteroatoms. The summed E-state index contributed by atoms with van der Waals surface area (Å²) in [5.74, 6) is -1.49. The molecule has 30 heavy (non-hydrogen) atoms. The van der Waals surface area contributed by atoms with E-state index < -0.39 is 21.6 Å². The van der Waals surface area contributed by atoms with Crippen LogP contribution in [0.5, 0.6) is 0 Å². The van der Waals surface area contributed by atoms with E-state index in [-0.39, 0.29) is 35.4 Å². The fraction of sp³-hybridized carbons (Fsp3) is 0.300. The molecule has 1 fully saturated rings. The molecular formula is C20H18F2N2O4S2. The van der Waals surface area contributed by atoms with Crippen molar-refractivity contribution in [3.05, 3.63) is 54.1 Å². The molecule has 1 aromatic heterocycles. The molecule has 0 amide bonds. The van der Waals surface area contributed by atoms with Crippen LogP contribution in [-0.2, 0) is 19.4 Å². The van der Waals surface area contributed by atoms with E-state index in [9.17, 15) is 22.0 Å². The van der Waals surface area contributed by atoms with Gasteiger partial charge in [0.1, 0.15) is 17.7 Å². The Balaban J connectivity index is 1.22. The molecule has 0 N–H and O–H groups in total. The second-order valence-electron chi connectivity index (χ2n) is 7.00. The van der Waals surface area contributed by atoms with Gasteiger partial charge in [0.05, 0.1) is 34.0 Å². The average molecular weight is 453 g/mol. The molecule has 2 aromatic carbocycles. The quantitative estimate of drug-likeness (QED) is 0.403. The molecule has 1 aliphatic rings. The van der Waals surface area contributed by atoms with Crippen molar-refractivity contribution in [2.24, 2.45) is 0 Å². The van der Waals surface area contributed by atoms with Crippen LogP contribution in [0, 0.1) is 11.6 Å². The van der Waals surface area contributed by atoms with E-state index in [1.54, 1.807) is 6.07 Å². The fourth-order valence-electron chi connectivity index (χ4n) is 3.10. The van der Waals surface area contributed by atoms with Gasteiger partial charge in [-0.1, -0.05) is 11.3 Å². The van der Waals surface area contributed by atoms with Crippen LogP contribution in [0.15, 0.2) is 47.4 Å². The van der Waals surface area contributed by atoms with Crippen molar-refractivity contribution in [1.82, 2.24) is 4.98 Å². The van der Waals surface area contributed by atoms with Crippen LogP contribution in [-0.4, -0.2) is 44.3 Å². The first-order valence-electron chi connectivity index (χ1n) is 9.29. The number of esters is 1. The molecule has 0 radical (unpaired) electrons. The van der Waals surface area contributed by atoms with Crippen molar-refractivity contribution >= 4 is 42.5 Å². The maximum Gasteiger partial charge on any atom is 0.306 e. The first-order valence-corrected chi connectivity index (χ1v) is 11.8. The zero-order chi connectivity index (χ0) is 21.3. The van der Waals surface area contributed by atoms with Gasteiger partial charge in [-0.05, 0) is 48.9 Å². The number of aromatic nitrogens is 1. The van der Waals surface area contributed by atoms with E-state index in [1.807, 2.05) is 4.90 Å². The van der Waals surface area contributed by atoms with Gasteiger partial charge < -0.3 is 9.64 Å². The van der Waals surface area contributed by atoms with Crippen LogP contribution in [0.2, 0.25) is 0 Å². The lowest BCUT2D eigenvalue weighted by molar-refractivity contribution is -0.150. The summed E-state index contributed by atoms with van der Waals surface area (Å²) in [7, 11) is -3.57. The predicted molar refractivity (Wildman–Crippen MR) is 109 cm³/mol. The lowest BCUT2D eigenvalue weighted by Crippen LogP contribution is -2.53. The van der Waals surface area contributed by atoms with E-state index in [0.717, 1.165) is 27.5 Å². The van der Waals surface area contributed by atoms with Crippen molar-refractivity contribution < 1.29 is 26.7 Å². The Hall–Kier alpha value is -2.59. The number of nitrogens with zero attached hydrogens (tertiary/aromatic N) is 2. The summed E-state index contributed by atoms with van der Waals surface area (Å²) in [6.07, 6.45) is -0.176. The zero-order valence-corrected chi connectivity index (χ0v) is 17.4. The van der Waals surface area contributed by atoms with Gasteiger partial charge >= 0.3 is 5.97 Å². The molecule has 4 rings (SSSR count). The van der Waals surface area contributed by atoms with Gasteiger partial charge in [-0.15, -0.1) is 0 Å². The largest absolute Gasteiger partial charge is 0.459 e. The third-order valence-electron chi connectivity index (χ3n) is 4.72. The van der Waals surface area contributed by atoms with E-state index >= 15 is 0 Å². The Morgan fingerprint density at radius 2 is 1.83 bits per heavy atom. The number of carbonyl (C=O) groups excluding carboxylic acids is 1. The van der Waals surface area contributed by atoms with Crippen LogP contribution in [0.3, 0.4) is 0 Å². The number of carbonyl (C=O) groups is 1. The molecule has 6 nitrogen and oxygen atoms in total. The Bertz CT molecular complexity index is 1170. The smallest absolute Gasteiger partial charge is 0.306 e. The minimum atomic E-state index is -3.57.